The predicted octanol–water partition coefficient (Wildman–Crippen LogP) is 4.47. The third-order valence-electron chi connectivity index (χ3n) is 4.31. The molecule has 1 heterocycles. The number of amides is 2. The molecule has 3 rings (SSSR count). The maximum Gasteiger partial charge on any atom is 0.319 e. The minimum absolute atomic E-state index is 0.00494. The third kappa shape index (κ3) is 7.20. The van der Waals surface area contributed by atoms with Gasteiger partial charge in [0.15, 0.2) is 0 Å². The van der Waals surface area contributed by atoms with Crippen LogP contribution in [0.2, 0.25) is 0 Å². The minimum atomic E-state index is -1.18. The van der Waals surface area contributed by atoms with Crippen molar-refractivity contribution >= 4 is 28.8 Å². The van der Waals surface area contributed by atoms with E-state index in [1.165, 1.54) is 0 Å². The zero-order chi connectivity index (χ0) is 22.1. The van der Waals surface area contributed by atoms with Crippen LogP contribution in [0.3, 0.4) is 0 Å². The normalized spacial score (nSPS) is 11.6. The topological polar surface area (TPSA) is 98.3 Å². The predicted molar refractivity (Wildman–Crippen MR) is 124 cm³/mol. The van der Waals surface area contributed by atoms with Crippen LogP contribution in [0.4, 0.5) is 16.2 Å². The van der Waals surface area contributed by atoms with Crippen molar-refractivity contribution in [2.24, 2.45) is 0 Å². The number of rotatable bonds is 9. The second kappa shape index (κ2) is 11.2. The van der Waals surface area contributed by atoms with Crippen LogP contribution >= 0.6 is 0 Å². The average molecular weight is 439 g/mol. The Labute approximate surface area is 185 Å². The van der Waals surface area contributed by atoms with Crippen LogP contribution in [-0.4, -0.2) is 20.8 Å². The van der Waals surface area contributed by atoms with E-state index >= 15 is 0 Å². The Kier molecular flexibility index (Phi) is 8.14. The molecule has 0 saturated carbocycles. The molecule has 0 radical (unpaired) electrons. The van der Waals surface area contributed by atoms with Crippen LogP contribution in [0.5, 0.6) is 5.75 Å². The first-order valence-electron chi connectivity index (χ1n) is 9.93. The van der Waals surface area contributed by atoms with Gasteiger partial charge in [-0.2, -0.15) is 0 Å². The largest absolute Gasteiger partial charge is 0.593 e. The van der Waals surface area contributed by atoms with Gasteiger partial charge < -0.3 is 19.9 Å². The number of para-hydroxylation sites is 2. The molecule has 0 aliphatic rings. The molecule has 2 aromatic carbocycles. The molecule has 1 unspecified atom stereocenters. The number of carbonyl (C=O) groups excluding carboxylic acids is 1. The molecule has 0 spiro atoms. The number of anilines is 2. The lowest BCUT2D eigenvalue weighted by Gasteiger charge is -2.17. The summed E-state index contributed by atoms with van der Waals surface area (Å²) in [6.45, 7) is 4.53. The van der Waals surface area contributed by atoms with Crippen molar-refractivity contribution in [2.45, 2.75) is 32.2 Å². The summed E-state index contributed by atoms with van der Waals surface area (Å²) in [6, 6.07) is 18.3. The highest BCUT2D eigenvalue weighted by molar-refractivity contribution is 7.93. The smallest absolute Gasteiger partial charge is 0.319 e. The number of nitrogens with one attached hydrogen (secondary N) is 3. The Bertz CT molecular complexity index is 968. The van der Waals surface area contributed by atoms with E-state index in [4.69, 9.17) is 4.74 Å². The molecule has 2 amide bonds. The number of aromatic nitrogens is 1. The fourth-order valence-electron chi connectivity index (χ4n) is 2.61. The molecule has 7 nitrogen and oxygen atoms in total. The summed E-state index contributed by atoms with van der Waals surface area (Å²) in [7, 11) is 0. The molecule has 0 aliphatic heterocycles. The van der Waals surface area contributed by atoms with Gasteiger partial charge >= 0.3 is 6.03 Å². The fraction of sp³-hybridized carbons (Fsp3) is 0.217. The summed E-state index contributed by atoms with van der Waals surface area (Å²) in [5, 5.41) is 5.59. The fourth-order valence-corrected chi connectivity index (χ4v) is 3.23. The number of carbonyl (C=O) groups is 1. The second-order valence-electron chi connectivity index (χ2n) is 7.10. The lowest BCUT2D eigenvalue weighted by Crippen LogP contribution is -2.28. The van der Waals surface area contributed by atoms with Crippen LogP contribution in [0.15, 0.2) is 73.1 Å². The Hall–Kier alpha value is -3.23. The van der Waals surface area contributed by atoms with Crippen LogP contribution in [0, 0.1) is 0 Å². The van der Waals surface area contributed by atoms with Gasteiger partial charge in [0.1, 0.15) is 23.3 Å². The quantitative estimate of drug-likeness (QED) is 0.428. The minimum Gasteiger partial charge on any atom is -0.593 e. The lowest BCUT2D eigenvalue weighted by atomic mass is 10.2. The lowest BCUT2D eigenvalue weighted by molar-refractivity contribution is 0.251. The molecule has 1 atom stereocenters. The van der Waals surface area contributed by atoms with E-state index < -0.39 is 11.4 Å². The van der Waals surface area contributed by atoms with Crippen molar-refractivity contribution in [3.05, 3.63) is 84.2 Å². The Morgan fingerprint density at radius 2 is 1.84 bits per heavy atom. The van der Waals surface area contributed by atoms with Crippen LogP contribution in [0.1, 0.15) is 25.0 Å². The first-order chi connectivity index (χ1) is 15.0. The van der Waals surface area contributed by atoms with E-state index in [-0.39, 0.29) is 11.3 Å². The van der Waals surface area contributed by atoms with Gasteiger partial charge in [0.25, 0.3) is 0 Å². The highest BCUT2D eigenvalue weighted by Gasteiger charge is 2.15. The van der Waals surface area contributed by atoms with Crippen molar-refractivity contribution in [1.82, 2.24) is 10.3 Å². The molecular formula is C23H26N4O3S. The van der Waals surface area contributed by atoms with Crippen molar-refractivity contribution in [3.63, 3.8) is 0 Å². The van der Waals surface area contributed by atoms with Crippen LogP contribution < -0.4 is 20.1 Å². The molecule has 162 valence electrons. The van der Waals surface area contributed by atoms with Crippen LogP contribution in [0.25, 0.3) is 0 Å². The molecule has 0 fully saturated rings. The SMILES string of the molecule is CC(C)[S+]([O-])Nc1ccccc1OCc1ccc(NC(=O)NCc2cccnc2)cc1. The standard InChI is InChI=1S/C23H26N4O3S/c1-17(2)31(29)27-21-7-3-4-8-22(21)30-16-18-9-11-20(12-10-18)26-23(28)25-15-19-6-5-13-24-14-19/h3-14,17,27H,15-16H2,1-2H3,(H2,25,26,28). The van der Waals surface area contributed by atoms with Crippen molar-refractivity contribution in [3.8, 4) is 5.75 Å². The summed E-state index contributed by atoms with van der Waals surface area (Å²) in [5.74, 6) is 0.633. The Balaban J connectivity index is 1.50. The number of ether oxygens (including phenoxy) is 1. The van der Waals surface area contributed by atoms with Gasteiger partial charge in [-0.3, -0.25) is 4.98 Å². The molecule has 0 bridgehead atoms. The summed E-state index contributed by atoms with van der Waals surface area (Å²) in [6.07, 6.45) is 3.40. The highest BCUT2D eigenvalue weighted by Crippen LogP contribution is 2.26. The average Bonchev–Trinajstić information content (AvgIpc) is 2.78. The van der Waals surface area contributed by atoms with E-state index in [1.54, 1.807) is 12.4 Å². The third-order valence-corrected chi connectivity index (χ3v) is 5.59. The summed E-state index contributed by atoms with van der Waals surface area (Å²) < 4.78 is 21.0. The van der Waals surface area contributed by atoms with Gasteiger partial charge in [-0.25, -0.2) is 9.52 Å². The molecule has 3 N–H and O–H groups in total. The zero-order valence-electron chi connectivity index (χ0n) is 17.5. The van der Waals surface area contributed by atoms with E-state index in [9.17, 15) is 9.35 Å². The van der Waals surface area contributed by atoms with Crippen molar-refractivity contribution in [1.29, 1.82) is 0 Å². The summed E-state index contributed by atoms with van der Waals surface area (Å²) >= 11 is -1.18. The second-order valence-corrected chi connectivity index (χ2v) is 8.84. The monoisotopic (exact) mass is 438 g/mol. The van der Waals surface area contributed by atoms with Gasteiger partial charge in [-0.15, -0.1) is 0 Å². The molecule has 3 aromatic rings. The zero-order valence-corrected chi connectivity index (χ0v) is 18.3. The molecule has 1 aromatic heterocycles. The van der Waals surface area contributed by atoms with Gasteiger partial charge in [-0.05, 0) is 55.3 Å². The number of benzene rings is 2. The molecule has 0 aliphatic carbocycles. The van der Waals surface area contributed by atoms with Gasteiger partial charge in [0, 0.05) is 24.6 Å². The van der Waals surface area contributed by atoms with Gasteiger partial charge in [0.05, 0.1) is 11.4 Å². The molecular weight excluding hydrogens is 412 g/mol. The molecule has 31 heavy (non-hydrogen) atoms. The summed E-state index contributed by atoms with van der Waals surface area (Å²) in [5.41, 5.74) is 3.25. The first-order valence-corrected chi connectivity index (χ1v) is 11.1. The number of hydrogen-bond donors (Lipinski definition) is 3. The van der Waals surface area contributed by atoms with Crippen molar-refractivity contribution < 1.29 is 14.1 Å². The Morgan fingerprint density at radius 1 is 1.06 bits per heavy atom. The number of nitrogens with zero attached hydrogens (tertiary/aromatic N) is 1. The molecule has 8 heteroatoms. The van der Waals surface area contributed by atoms with E-state index in [0.29, 0.717) is 30.3 Å². The molecule has 0 saturated heterocycles. The summed E-state index contributed by atoms with van der Waals surface area (Å²) in [4.78, 5) is 16.1. The van der Waals surface area contributed by atoms with Gasteiger partial charge in [0.2, 0.25) is 0 Å². The van der Waals surface area contributed by atoms with Crippen LogP contribution in [-0.2, 0) is 24.5 Å². The maximum atomic E-state index is 12.1. The van der Waals surface area contributed by atoms with Crippen molar-refractivity contribution in [2.75, 3.05) is 10.0 Å². The number of pyridine rings is 1. The van der Waals surface area contributed by atoms with Gasteiger partial charge in [-0.1, -0.05) is 30.3 Å². The first kappa shape index (κ1) is 22.5. The maximum absolute atomic E-state index is 12.1. The Morgan fingerprint density at radius 3 is 2.55 bits per heavy atom. The van der Waals surface area contributed by atoms with E-state index in [0.717, 1.165) is 11.1 Å². The highest BCUT2D eigenvalue weighted by atomic mass is 32.2. The van der Waals surface area contributed by atoms with E-state index in [2.05, 4.69) is 20.3 Å². The number of urea groups is 1. The number of hydrogen-bond acceptors (Lipinski definition) is 5. The van der Waals surface area contributed by atoms with E-state index in [1.807, 2.05) is 74.5 Å².